The molecule has 2 aromatic heterocycles. The van der Waals surface area contributed by atoms with Crippen molar-refractivity contribution < 1.29 is 9.59 Å². The first kappa shape index (κ1) is 24.3. The van der Waals surface area contributed by atoms with Gasteiger partial charge in [0.15, 0.2) is 0 Å². The molecule has 0 radical (unpaired) electrons. The molecule has 0 bridgehead atoms. The van der Waals surface area contributed by atoms with Crippen LogP contribution in [-0.4, -0.2) is 11.8 Å². The maximum atomic E-state index is 13.6. The maximum Gasteiger partial charge on any atom is 0.265 e. The Morgan fingerprint density at radius 1 is 0.972 bits per heavy atom. The number of carbonyl (C=O) groups is 2. The predicted molar refractivity (Wildman–Crippen MR) is 148 cm³/mol. The zero-order valence-electron chi connectivity index (χ0n) is 19.3. The topological polar surface area (TPSA) is 82.0 Å². The Kier molecular flexibility index (Phi) is 7.52. The molecule has 0 aliphatic heterocycles. The molecule has 1 atom stereocenters. The number of nitrogens with one attached hydrogen (secondary N) is 2. The van der Waals surface area contributed by atoms with Crippen molar-refractivity contribution in [2.45, 2.75) is 35.8 Å². The molecule has 5 nitrogen and oxygen atoms in total. The molecule has 180 valence electrons. The van der Waals surface area contributed by atoms with E-state index in [1.165, 1.54) is 39.3 Å². The van der Waals surface area contributed by atoms with Gasteiger partial charge in [-0.25, -0.2) is 0 Å². The van der Waals surface area contributed by atoms with Gasteiger partial charge in [-0.2, -0.15) is 5.26 Å². The highest BCUT2D eigenvalue weighted by atomic mass is 32.2. The number of hydrogen-bond acceptors (Lipinski definition) is 6. The molecular weight excluding hydrogens is 507 g/mol. The van der Waals surface area contributed by atoms with Crippen LogP contribution in [0.25, 0.3) is 0 Å². The van der Waals surface area contributed by atoms with Gasteiger partial charge in [0.1, 0.15) is 16.3 Å². The zero-order chi connectivity index (χ0) is 24.9. The lowest BCUT2D eigenvalue weighted by atomic mass is 9.96. The summed E-state index contributed by atoms with van der Waals surface area (Å²) in [4.78, 5) is 28.8. The lowest BCUT2D eigenvalue weighted by Gasteiger charge is -2.17. The molecule has 1 aliphatic carbocycles. The maximum absolute atomic E-state index is 13.6. The summed E-state index contributed by atoms with van der Waals surface area (Å²) in [6.07, 6.45) is 4.05. The number of nitriles is 1. The highest BCUT2D eigenvalue weighted by Crippen LogP contribution is 2.41. The second-order valence-corrected chi connectivity index (χ2v) is 11.6. The van der Waals surface area contributed by atoms with E-state index in [9.17, 15) is 14.9 Å². The summed E-state index contributed by atoms with van der Waals surface area (Å²) in [6, 6.07) is 23.1. The summed E-state index contributed by atoms with van der Waals surface area (Å²) in [6.45, 7) is 0. The number of benzene rings is 2. The second kappa shape index (κ2) is 11.1. The van der Waals surface area contributed by atoms with E-state index in [4.69, 9.17) is 0 Å². The van der Waals surface area contributed by atoms with Gasteiger partial charge in [0.25, 0.3) is 5.91 Å². The molecule has 2 heterocycles. The Bertz CT molecular complexity index is 1420. The highest BCUT2D eigenvalue weighted by Gasteiger charge is 2.26. The molecule has 2 amide bonds. The molecule has 1 aliphatic rings. The van der Waals surface area contributed by atoms with Crippen LogP contribution in [0.5, 0.6) is 0 Å². The third kappa shape index (κ3) is 5.39. The molecule has 4 aromatic rings. The minimum absolute atomic E-state index is 0.157. The van der Waals surface area contributed by atoms with Crippen LogP contribution < -0.4 is 10.6 Å². The first-order valence-electron chi connectivity index (χ1n) is 11.6. The summed E-state index contributed by atoms with van der Waals surface area (Å²) in [5.74, 6) is -0.329. The number of hydrogen-bond donors (Lipinski definition) is 2. The van der Waals surface area contributed by atoms with Gasteiger partial charge >= 0.3 is 0 Å². The van der Waals surface area contributed by atoms with Crippen LogP contribution in [0.2, 0.25) is 0 Å². The van der Waals surface area contributed by atoms with E-state index in [1.54, 1.807) is 6.07 Å². The Morgan fingerprint density at radius 2 is 1.81 bits per heavy atom. The normalized spacial score (nSPS) is 13.3. The Labute approximate surface area is 222 Å². The molecular formula is C28H23N3O2S3. The number of amides is 2. The van der Waals surface area contributed by atoms with Gasteiger partial charge in [0.05, 0.1) is 10.4 Å². The van der Waals surface area contributed by atoms with Gasteiger partial charge in [0, 0.05) is 15.5 Å². The average molecular weight is 530 g/mol. The summed E-state index contributed by atoms with van der Waals surface area (Å²) in [5, 5.41) is 17.8. The van der Waals surface area contributed by atoms with Crippen molar-refractivity contribution in [2.75, 3.05) is 10.6 Å². The monoisotopic (exact) mass is 529 g/mol. The number of thiophene rings is 2. The van der Waals surface area contributed by atoms with Crippen LogP contribution in [0.15, 0.2) is 77.0 Å². The van der Waals surface area contributed by atoms with Crippen molar-refractivity contribution in [3.8, 4) is 6.07 Å². The van der Waals surface area contributed by atoms with Crippen LogP contribution in [0, 0.1) is 11.3 Å². The lowest BCUT2D eigenvalue weighted by molar-refractivity contribution is -0.115. The minimum atomic E-state index is -0.528. The van der Waals surface area contributed by atoms with Gasteiger partial charge in [-0.3, -0.25) is 9.59 Å². The molecule has 1 unspecified atom stereocenters. The Morgan fingerprint density at radius 3 is 2.58 bits per heavy atom. The number of fused-ring (bicyclic) bond motifs is 1. The van der Waals surface area contributed by atoms with E-state index < -0.39 is 5.25 Å². The van der Waals surface area contributed by atoms with Crippen molar-refractivity contribution in [3.63, 3.8) is 0 Å². The van der Waals surface area contributed by atoms with Crippen LogP contribution in [0.4, 0.5) is 10.7 Å². The standard InChI is InChI=1S/C28H23N3O2S3/c29-17-22-21-12-4-5-13-23(21)36-28(22)31-27(33)25(18-8-2-1-3-9-18)35-20-11-6-10-19(16-20)30-26(32)24-14-7-15-34-24/h1-3,6-11,14-16,25H,4-5,12-13H2,(H,30,32)(H,31,33). The number of aryl methyl sites for hydroxylation is 1. The first-order chi connectivity index (χ1) is 17.6. The van der Waals surface area contributed by atoms with Gasteiger partial charge in [-0.05, 0) is 66.5 Å². The summed E-state index contributed by atoms with van der Waals surface area (Å²) < 4.78 is 0. The van der Waals surface area contributed by atoms with E-state index in [0.29, 0.717) is 21.1 Å². The van der Waals surface area contributed by atoms with E-state index in [0.717, 1.165) is 41.7 Å². The molecule has 5 rings (SSSR count). The molecule has 0 spiro atoms. The predicted octanol–water partition coefficient (Wildman–Crippen LogP) is 7.28. The SMILES string of the molecule is N#Cc1c(NC(=O)C(Sc2cccc(NC(=O)c3cccs3)c2)c2ccccc2)sc2c1CCCC2. The fourth-order valence-corrected chi connectivity index (χ4v) is 7.18. The molecule has 2 aromatic carbocycles. The first-order valence-corrected chi connectivity index (χ1v) is 14.2. The lowest BCUT2D eigenvalue weighted by Crippen LogP contribution is -2.19. The smallest absolute Gasteiger partial charge is 0.265 e. The van der Waals surface area contributed by atoms with Gasteiger partial charge in [-0.1, -0.05) is 42.5 Å². The number of carbonyl (C=O) groups excluding carboxylic acids is 2. The van der Waals surface area contributed by atoms with Crippen molar-refractivity contribution in [2.24, 2.45) is 0 Å². The summed E-state index contributed by atoms with van der Waals surface area (Å²) in [5.41, 5.74) is 3.25. The zero-order valence-corrected chi connectivity index (χ0v) is 21.8. The number of anilines is 2. The van der Waals surface area contributed by atoms with Crippen molar-refractivity contribution in [3.05, 3.63) is 98.6 Å². The number of thioether (sulfide) groups is 1. The van der Waals surface area contributed by atoms with Gasteiger partial charge in [-0.15, -0.1) is 34.4 Å². The molecule has 8 heteroatoms. The molecule has 0 fully saturated rings. The van der Waals surface area contributed by atoms with Crippen LogP contribution >= 0.6 is 34.4 Å². The quantitative estimate of drug-likeness (QED) is 0.246. The molecule has 0 saturated heterocycles. The van der Waals surface area contributed by atoms with E-state index >= 15 is 0 Å². The van der Waals surface area contributed by atoms with Crippen molar-refractivity contribution >= 4 is 56.9 Å². The number of nitrogens with zero attached hydrogens (tertiary/aromatic N) is 1. The van der Waals surface area contributed by atoms with Crippen molar-refractivity contribution in [1.82, 2.24) is 0 Å². The fourth-order valence-electron chi connectivity index (χ4n) is 4.23. The molecule has 36 heavy (non-hydrogen) atoms. The van der Waals surface area contributed by atoms with Crippen LogP contribution in [0.3, 0.4) is 0 Å². The van der Waals surface area contributed by atoms with Crippen LogP contribution in [0.1, 0.15) is 49.3 Å². The Hall–Kier alpha value is -3.38. The average Bonchev–Trinajstić information content (AvgIpc) is 3.56. The second-order valence-electron chi connectivity index (χ2n) is 8.38. The highest BCUT2D eigenvalue weighted by molar-refractivity contribution is 8.00. The third-order valence-electron chi connectivity index (χ3n) is 5.95. The van der Waals surface area contributed by atoms with Crippen molar-refractivity contribution in [1.29, 1.82) is 5.26 Å². The van der Waals surface area contributed by atoms with E-state index in [2.05, 4.69) is 16.7 Å². The molecule has 2 N–H and O–H groups in total. The summed E-state index contributed by atoms with van der Waals surface area (Å²) in [7, 11) is 0. The van der Waals surface area contributed by atoms with Gasteiger partial charge in [0.2, 0.25) is 5.91 Å². The fraction of sp³-hybridized carbons (Fsp3) is 0.179. The summed E-state index contributed by atoms with van der Waals surface area (Å²) >= 11 is 4.34. The van der Waals surface area contributed by atoms with E-state index in [1.807, 2.05) is 66.0 Å². The van der Waals surface area contributed by atoms with E-state index in [-0.39, 0.29) is 11.8 Å². The van der Waals surface area contributed by atoms with Gasteiger partial charge < -0.3 is 10.6 Å². The van der Waals surface area contributed by atoms with Crippen LogP contribution in [-0.2, 0) is 17.6 Å². The minimum Gasteiger partial charge on any atom is -0.321 e. The Balaban J connectivity index is 1.39. The molecule has 0 saturated carbocycles. The third-order valence-corrected chi connectivity index (χ3v) is 9.28. The largest absolute Gasteiger partial charge is 0.321 e. The number of rotatable bonds is 7.